The number of likely N-dealkylation sites (tertiary alicyclic amines) is 2. The van der Waals surface area contributed by atoms with Gasteiger partial charge < -0.3 is 15.5 Å². The Hall–Kier alpha value is -2.09. The Morgan fingerprint density at radius 1 is 1.31 bits per heavy atom. The molecule has 2 unspecified atom stereocenters. The van der Waals surface area contributed by atoms with Crippen LogP contribution in [-0.2, 0) is 22.3 Å². The number of benzene rings is 1. The Morgan fingerprint density at radius 2 is 2.08 bits per heavy atom. The zero-order valence-corrected chi connectivity index (χ0v) is 14.3. The lowest BCUT2D eigenvalue weighted by molar-refractivity contribution is -0.137. The molecule has 0 bridgehead atoms. The maximum absolute atomic E-state index is 12.8. The third kappa shape index (κ3) is 3.85. The summed E-state index contributed by atoms with van der Waals surface area (Å²) in [6.07, 6.45) is -2.54. The van der Waals surface area contributed by atoms with E-state index < -0.39 is 17.7 Å². The molecular weight excluding hydrogens is 347 g/mol. The van der Waals surface area contributed by atoms with Gasteiger partial charge in [0.05, 0.1) is 11.5 Å². The number of alkyl halides is 3. The van der Waals surface area contributed by atoms with Gasteiger partial charge in [-0.3, -0.25) is 9.59 Å². The molecule has 2 fully saturated rings. The number of hydrogen-bond donors (Lipinski definition) is 1. The summed E-state index contributed by atoms with van der Waals surface area (Å²) in [6.45, 7) is 1.37. The van der Waals surface area contributed by atoms with E-state index in [1.807, 2.05) is 0 Å². The number of halogens is 3. The molecule has 0 aromatic heterocycles. The summed E-state index contributed by atoms with van der Waals surface area (Å²) < 4.78 is 38.5. The van der Waals surface area contributed by atoms with Gasteiger partial charge in [-0.05, 0) is 30.5 Å². The summed E-state index contributed by atoms with van der Waals surface area (Å²) >= 11 is 0. The molecule has 142 valence electrons. The fraction of sp³-hybridized carbons (Fsp3) is 0.556. The first kappa shape index (κ1) is 18.7. The van der Waals surface area contributed by atoms with Crippen LogP contribution in [0.15, 0.2) is 24.3 Å². The van der Waals surface area contributed by atoms with Gasteiger partial charge in [0.25, 0.3) is 0 Å². The summed E-state index contributed by atoms with van der Waals surface area (Å²) in [5.74, 6) is -0.720. The Labute approximate surface area is 149 Å². The summed E-state index contributed by atoms with van der Waals surface area (Å²) in [5.41, 5.74) is 5.37. The van der Waals surface area contributed by atoms with E-state index in [1.54, 1.807) is 11.0 Å². The lowest BCUT2D eigenvalue weighted by atomic mass is 10.1. The van der Waals surface area contributed by atoms with Gasteiger partial charge in [-0.15, -0.1) is 0 Å². The molecule has 26 heavy (non-hydrogen) atoms. The van der Waals surface area contributed by atoms with Crippen molar-refractivity contribution in [3.63, 3.8) is 0 Å². The highest BCUT2D eigenvalue weighted by Gasteiger charge is 2.39. The summed E-state index contributed by atoms with van der Waals surface area (Å²) in [4.78, 5) is 28.2. The number of rotatable bonds is 4. The molecule has 0 radical (unpaired) electrons. The van der Waals surface area contributed by atoms with Gasteiger partial charge in [-0.1, -0.05) is 12.1 Å². The van der Waals surface area contributed by atoms with E-state index in [4.69, 9.17) is 5.73 Å². The predicted octanol–water partition coefficient (Wildman–Crippen LogP) is 2.00. The number of hydrogen-bond acceptors (Lipinski definition) is 3. The smallest absolute Gasteiger partial charge is 0.338 e. The van der Waals surface area contributed by atoms with E-state index in [9.17, 15) is 22.8 Å². The number of amides is 2. The van der Waals surface area contributed by atoms with Crippen LogP contribution in [0, 0.1) is 5.92 Å². The van der Waals surface area contributed by atoms with Crippen molar-refractivity contribution < 1.29 is 22.8 Å². The molecule has 0 spiro atoms. The van der Waals surface area contributed by atoms with E-state index in [2.05, 4.69) is 0 Å². The molecule has 0 aliphatic carbocycles. The van der Waals surface area contributed by atoms with Gasteiger partial charge >= 0.3 is 6.18 Å². The van der Waals surface area contributed by atoms with E-state index in [0.29, 0.717) is 18.7 Å². The average molecular weight is 369 g/mol. The molecule has 5 nitrogen and oxygen atoms in total. The Morgan fingerprint density at radius 3 is 2.77 bits per heavy atom. The molecule has 2 heterocycles. The summed E-state index contributed by atoms with van der Waals surface area (Å²) in [5, 5.41) is 0. The Balaban J connectivity index is 1.66. The monoisotopic (exact) mass is 369 g/mol. The van der Waals surface area contributed by atoms with Crippen molar-refractivity contribution in [2.45, 2.75) is 38.0 Å². The van der Waals surface area contributed by atoms with Crippen molar-refractivity contribution in [3.05, 3.63) is 35.4 Å². The fourth-order valence-electron chi connectivity index (χ4n) is 3.76. The highest BCUT2D eigenvalue weighted by atomic mass is 19.4. The molecule has 2 aliphatic heterocycles. The Kier molecular flexibility index (Phi) is 5.22. The lowest BCUT2D eigenvalue weighted by Crippen LogP contribution is -2.43. The molecule has 2 amide bonds. The number of nitrogens with zero attached hydrogens (tertiary/aromatic N) is 2. The van der Waals surface area contributed by atoms with Crippen LogP contribution in [0.4, 0.5) is 13.2 Å². The molecule has 3 rings (SSSR count). The molecule has 8 heteroatoms. The number of carbonyl (C=O) groups excluding carboxylic acids is 2. The highest BCUT2D eigenvalue weighted by molar-refractivity contribution is 5.89. The molecule has 1 aromatic rings. The maximum atomic E-state index is 12.8. The van der Waals surface area contributed by atoms with Crippen LogP contribution in [0.25, 0.3) is 0 Å². The minimum atomic E-state index is -4.42. The van der Waals surface area contributed by atoms with Gasteiger partial charge in [0.1, 0.15) is 0 Å². The molecule has 0 saturated carbocycles. The number of carbonyl (C=O) groups is 2. The molecule has 2 atom stereocenters. The van der Waals surface area contributed by atoms with Crippen molar-refractivity contribution in [2.24, 2.45) is 11.7 Å². The van der Waals surface area contributed by atoms with Crippen LogP contribution in [-0.4, -0.2) is 47.3 Å². The summed E-state index contributed by atoms with van der Waals surface area (Å²) in [6, 6.07) is 4.96. The van der Waals surface area contributed by atoms with Crippen molar-refractivity contribution in [1.82, 2.24) is 9.80 Å². The van der Waals surface area contributed by atoms with Crippen LogP contribution >= 0.6 is 0 Å². The first-order valence-corrected chi connectivity index (χ1v) is 8.74. The van der Waals surface area contributed by atoms with Gasteiger partial charge in [0, 0.05) is 38.6 Å². The third-order valence-electron chi connectivity index (χ3n) is 5.12. The van der Waals surface area contributed by atoms with E-state index in [0.717, 1.165) is 25.0 Å². The van der Waals surface area contributed by atoms with Crippen LogP contribution in [0.3, 0.4) is 0 Å². The predicted molar refractivity (Wildman–Crippen MR) is 88.8 cm³/mol. The summed E-state index contributed by atoms with van der Waals surface area (Å²) in [7, 11) is 0. The molecule has 2 saturated heterocycles. The van der Waals surface area contributed by atoms with Gasteiger partial charge in [-0.25, -0.2) is 0 Å². The SMILES string of the molecule is NCC1CCCN1C(=O)C1CC(=O)N(Cc2cccc(C(F)(F)F)c2)C1. The zero-order chi connectivity index (χ0) is 18.9. The lowest BCUT2D eigenvalue weighted by Gasteiger charge is -2.26. The molecule has 2 aliphatic rings. The van der Waals surface area contributed by atoms with Gasteiger partial charge in [-0.2, -0.15) is 13.2 Å². The fourth-order valence-corrected chi connectivity index (χ4v) is 3.76. The van der Waals surface area contributed by atoms with Gasteiger partial charge in [0.2, 0.25) is 11.8 Å². The zero-order valence-electron chi connectivity index (χ0n) is 14.3. The van der Waals surface area contributed by atoms with Crippen molar-refractivity contribution in [1.29, 1.82) is 0 Å². The van der Waals surface area contributed by atoms with Gasteiger partial charge in [0.15, 0.2) is 0 Å². The molecule has 2 N–H and O–H groups in total. The first-order chi connectivity index (χ1) is 12.3. The van der Waals surface area contributed by atoms with Crippen LogP contribution in [0.1, 0.15) is 30.4 Å². The van der Waals surface area contributed by atoms with Crippen molar-refractivity contribution in [3.8, 4) is 0 Å². The second-order valence-electron chi connectivity index (χ2n) is 6.94. The van der Waals surface area contributed by atoms with E-state index >= 15 is 0 Å². The highest BCUT2D eigenvalue weighted by Crippen LogP contribution is 2.31. The van der Waals surface area contributed by atoms with Crippen molar-refractivity contribution in [2.75, 3.05) is 19.6 Å². The first-order valence-electron chi connectivity index (χ1n) is 8.74. The number of nitrogens with two attached hydrogens (primary N) is 1. The standard InChI is InChI=1S/C18H22F3N3O2/c19-18(20,21)14-4-1-3-12(7-14)10-23-11-13(8-16(23)25)17(26)24-6-2-5-15(24)9-22/h1,3-4,7,13,15H,2,5-6,8-11,22H2. The molecule has 1 aromatic carbocycles. The minimum absolute atomic E-state index is 0.0233. The molecular formula is C18H22F3N3O2. The van der Waals surface area contributed by atoms with E-state index in [1.165, 1.54) is 11.0 Å². The average Bonchev–Trinajstić information content (AvgIpc) is 3.21. The van der Waals surface area contributed by atoms with Crippen LogP contribution < -0.4 is 5.73 Å². The quantitative estimate of drug-likeness (QED) is 0.883. The topological polar surface area (TPSA) is 66.6 Å². The normalized spacial score (nSPS) is 23.8. The van der Waals surface area contributed by atoms with E-state index in [-0.39, 0.29) is 37.4 Å². The second-order valence-corrected chi connectivity index (χ2v) is 6.94. The Bertz CT molecular complexity index is 693. The minimum Gasteiger partial charge on any atom is -0.338 e. The van der Waals surface area contributed by atoms with Crippen LogP contribution in [0.2, 0.25) is 0 Å². The van der Waals surface area contributed by atoms with Crippen molar-refractivity contribution >= 4 is 11.8 Å². The third-order valence-corrected chi connectivity index (χ3v) is 5.12. The second kappa shape index (κ2) is 7.26. The maximum Gasteiger partial charge on any atom is 0.416 e. The van der Waals surface area contributed by atoms with Crippen LogP contribution in [0.5, 0.6) is 0 Å². The largest absolute Gasteiger partial charge is 0.416 e.